The molecule has 1 aliphatic heterocycles. The first-order valence-corrected chi connectivity index (χ1v) is 3.72. The normalized spacial score (nSPS) is 20.5. The summed E-state index contributed by atoms with van der Waals surface area (Å²) in [6, 6.07) is -0.897. The molecule has 0 aromatic rings. The average molecular weight is 172 g/mol. The van der Waals surface area contributed by atoms with Crippen LogP contribution in [0.25, 0.3) is 0 Å². The van der Waals surface area contributed by atoms with E-state index < -0.39 is 17.7 Å². The summed E-state index contributed by atoms with van der Waals surface area (Å²) in [5.74, 6) is -1.02. The second-order valence-electron chi connectivity index (χ2n) is 2.87. The first kappa shape index (κ1) is 9.08. The number of nitrogens with zero attached hydrogens (tertiary/aromatic N) is 2. The van der Waals surface area contributed by atoms with Crippen molar-refractivity contribution in [2.45, 2.75) is 24.5 Å². The van der Waals surface area contributed by atoms with Gasteiger partial charge in [0.1, 0.15) is 6.04 Å². The van der Waals surface area contributed by atoms with Gasteiger partial charge in [0.2, 0.25) is 0 Å². The summed E-state index contributed by atoms with van der Waals surface area (Å²) in [4.78, 5) is 10.4. The number of aliphatic carboxylic acids is 1. The molecule has 0 radical (unpaired) electrons. The summed E-state index contributed by atoms with van der Waals surface area (Å²) in [7, 11) is 0. The Balaban J connectivity index is 2.35. The van der Waals surface area contributed by atoms with Gasteiger partial charge in [-0.05, 0) is 6.54 Å². The first-order chi connectivity index (χ1) is 5.59. The van der Waals surface area contributed by atoms with Gasteiger partial charge in [-0.2, -0.15) is 10.2 Å². The highest BCUT2D eigenvalue weighted by Gasteiger charge is 2.41. The third-order valence-corrected chi connectivity index (χ3v) is 1.79. The van der Waals surface area contributed by atoms with E-state index in [1.165, 1.54) is 0 Å². The minimum atomic E-state index is -1.02. The lowest BCUT2D eigenvalue weighted by atomic mass is 10.0. The minimum Gasteiger partial charge on any atom is -0.480 e. The Morgan fingerprint density at radius 3 is 2.50 bits per heavy atom. The van der Waals surface area contributed by atoms with Crippen LogP contribution in [0, 0.1) is 0 Å². The Morgan fingerprint density at radius 2 is 2.17 bits per heavy atom. The van der Waals surface area contributed by atoms with Gasteiger partial charge < -0.3 is 16.6 Å². The first-order valence-electron chi connectivity index (χ1n) is 3.72. The molecule has 6 heteroatoms. The molecule has 0 saturated carbocycles. The predicted molar refractivity (Wildman–Crippen MR) is 41.5 cm³/mol. The van der Waals surface area contributed by atoms with E-state index in [0.717, 1.165) is 0 Å². The number of carboxylic acids is 1. The Labute approximate surface area is 69.6 Å². The van der Waals surface area contributed by atoms with Gasteiger partial charge in [-0.1, -0.05) is 0 Å². The summed E-state index contributed by atoms with van der Waals surface area (Å²) < 4.78 is 0. The molecule has 68 valence electrons. The van der Waals surface area contributed by atoms with Crippen LogP contribution in [0.2, 0.25) is 0 Å². The van der Waals surface area contributed by atoms with Crippen molar-refractivity contribution in [3.63, 3.8) is 0 Å². The lowest BCUT2D eigenvalue weighted by Crippen LogP contribution is -2.36. The van der Waals surface area contributed by atoms with E-state index in [0.29, 0.717) is 13.0 Å². The van der Waals surface area contributed by atoms with Crippen molar-refractivity contribution < 1.29 is 9.90 Å². The Hall–Kier alpha value is -1.01. The summed E-state index contributed by atoms with van der Waals surface area (Å²) in [6.07, 6.45) is 0.827. The molecule has 0 aromatic carbocycles. The zero-order valence-corrected chi connectivity index (χ0v) is 6.60. The van der Waals surface area contributed by atoms with Crippen LogP contribution in [0.4, 0.5) is 0 Å². The van der Waals surface area contributed by atoms with Gasteiger partial charge in [-0.15, -0.1) is 0 Å². The minimum absolute atomic E-state index is 0.250. The number of hydrogen-bond acceptors (Lipinski definition) is 5. The summed E-state index contributed by atoms with van der Waals surface area (Å²) >= 11 is 0. The fraction of sp³-hybridized carbons (Fsp3) is 0.833. The van der Waals surface area contributed by atoms with Crippen molar-refractivity contribution in [2.75, 3.05) is 6.54 Å². The van der Waals surface area contributed by atoms with Crippen LogP contribution in [-0.4, -0.2) is 29.3 Å². The van der Waals surface area contributed by atoms with Crippen LogP contribution in [0.3, 0.4) is 0 Å². The highest BCUT2D eigenvalue weighted by atomic mass is 16.4. The highest BCUT2D eigenvalue weighted by Crippen LogP contribution is 2.35. The van der Waals surface area contributed by atoms with Crippen LogP contribution >= 0.6 is 0 Å². The van der Waals surface area contributed by atoms with Gasteiger partial charge >= 0.3 is 5.97 Å². The molecule has 0 aliphatic carbocycles. The van der Waals surface area contributed by atoms with Crippen LogP contribution in [0.5, 0.6) is 0 Å². The fourth-order valence-corrected chi connectivity index (χ4v) is 1.03. The molecule has 1 rings (SSSR count). The maximum atomic E-state index is 10.4. The molecule has 6 nitrogen and oxygen atoms in total. The third kappa shape index (κ3) is 1.99. The van der Waals surface area contributed by atoms with Crippen molar-refractivity contribution in [3.8, 4) is 0 Å². The summed E-state index contributed by atoms with van der Waals surface area (Å²) in [5, 5.41) is 16.0. The average Bonchev–Trinajstić information content (AvgIpc) is 2.69. The molecular formula is C6H12N4O2. The summed E-state index contributed by atoms with van der Waals surface area (Å²) in [5.41, 5.74) is 10.0. The molecule has 12 heavy (non-hydrogen) atoms. The molecule has 1 atom stereocenters. The van der Waals surface area contributed by atoms with Gasteiger partial charge in [0, 0.05) is 12.8 Å². The molecule has 0 amide bonds. The van der Waals surface area contributed by atoms with Gasteiger partial charge in [0.05, 0.1) is 0 Å². The number of carbonyl (C=O) groups is 1. The monoisotopic (exact) mass is 172 g/mol. The molecule has 1 aliphatic rings. The van der Waals surface area contributed by atoms with Gasteiger partial charge in [-0.25, -0.2) is 0 Å². The smallest absolute Gasteiger partial charge is 0.320 e. The standard InChI is InChI=1S/C6H12N4O2/c7-2-1-6(9-10-6)3-4(8)5(11)12/h4H,1-3,7-8H2,(H,11,12). The van der Waals surface area contributed by atoms with Crippen molar-refractivity contribution in [1.82, 2.24) is 0 Å². The Morgan fingerprint density at radius 1 is 1.58 bits per heavy atom. The molecule has 5 N–H and O–H groups in total. The van der Waals surface area contributed by atoms with Crippen LogP contribution in [-0.2, 0) is 4.79 Å². The summed E-state index contributed by atoms with van der Waals surface area (Å²) in [6.45, 7) is 0.444. The lowest BCUT2D eigenvalue weighted by Gasteiger charge is -2.11. The van der Waals surface area contributed by atoms with Gasteiger partial charge in [0.25, 0.3) is 0 Å². The van der Waals surface area contributed by atoms with E-state index in [9.17, 15) is 4.79 Å². The third-order valence-electron chi connectivity index (χ3n) is 1.79. The van der Waals surface area contributed by atoms with Gasteiger partial charge in [0.15, 0.2) is 5.66 Å². The van der Waals surface area contributed by atoms with Crippen molar-refractivity contribution in [1.29, 1.82) is 0 Å². The van der Waals surface area contributed by atoms with Crippen molar-refractivity contribution in [2.24, 2.45) is 21.7 Å². The SMILES string of the molecule is NCCC1(CC(N)C(=O)O)N=N1. The number of nitrogens with two attached hydrogens (primary N) is 2. The van der Waals surface area contributed by atoms with Crippen LogP contribution in [0.1, 0.15) is 12.8 Å². The van der Waals surface area contributed by atoms with E-state index in [1.54, 1.807) is 0 Å². The zero-order valence-electron chi connectivity index (χ0n) is 6.60. The van der Waals surface area contributed by atoms with Gasteiger partial charge in [-0.3, -0.25) is 4.79 Å². The molecule has 0 spiro atoms. The Bertz CT molecular complexity index is 210. The van der Waals surface area contributed by atoms with E-state index in [1.807, 2.05) is 0 Å². The predicted octanol–water partition coefficient (Wildman–Crippen LogP) is -0.701. The van der Waals surface area contributed by atoms with E-state index >= 15 is 0 Å². The molecule has 0 bridgehead atoms. The quantitative estimate of drug-likeness (QED) is 0.508. The van der Waals surface area contributed by atoms with Crippen molar-refractivity contribution in [3.05, 3.63) is 0 Å². The maximum Gasteiger partial charge on any atom is 0.320 e. The molecular weight excluding hydrogens is 160 g/mol. The number of rotatable bonds is 5. The molecule has 0 saturated heterocycles. The van der Waals surface area contributed by atoms with E-state index in [2.05, 4.69) is 10.2 Å². The van der Waals surface area contributed by atoms with Crippen LogP contribution < -0.4 is 11.5 Å². The molecule has 1 unspecified atom stereocenters. The molecule has 1 heterocycles. The maximum absolute atomic E-state index is 10.4. The molecule has 0 aromatic heterocycles. The fourth-order valence-electron chi connectivity index (χ4n) is 1.03. The van der Waals surface area contributed by atoms with Crippen molar-refractivity contribution >= 4 is 5.97 Å². The topological polar surface area (TPSA) is 114 Å². The van der Waals surface area contributed by atoms with E-state index in [4.69, 9.17) is 16.6 Å². The lowest BCUT2D eigenvalue weighted by molar-refractivity contribution is -0.138. The largest absolute Gasteiger partial charge is 0.480 e. The number of carboxylic acid groups (broad SMARTS) is 1. The zero-order chi connectivity index (χ0) is 9.19. The highest BCUT2D eigenvalue weighted by molar-refractivity contribution is 5.73. The van der Waals surface area contributed by atoms with Crippen LogP contribution in [0.15, 0.2) is 10.2 Å². The Kier molecular flexibility index (Phi) is 2.39. The number of hydrogen-bond donors (Lipinski definition) is 3. The second kappa shape index (κ2) is 3.16. The van der Waals surface area contributed by atoms with E-state index in [-0.39, 0.29) is 6.42 Å². The molecule has 0 fully saturated rings. The second-order valence-corrected chi connectivity index (χ2v) is 2.87.